The summed E-state index contributed by atoms with van der Waals surface area (Å²) in [5, 5.41) is 2.91. The van der Waals surface area contributed by atoms with Gasteiger partial charge in [-0.05, 0) is 49.7 Å². The lowest BCUT2D eigenvalue weighted by Gasteiger charge is -2.20. The summed E-state index contributed by atoms with van der Waals surface area (Å²) in [6.45, 7) is 8.50. The number of rotatable bonds is 9. The predicted octanol–water partition coefficient (Wildman–Crippen LogP) is 4.03. The topological polar surface area (TPSA) is 71.1 Å². The van der Waals surface area contributed by atoms with E-state index in [1.54, 1.807) is 17.0 Å². The van der Waals surface area contributed by atoms with Crippen LogP contribution in [0.15, 0.2) is 36.4 Å². The molecule has 3 rings (SSSR count). The second-order valence-electron chi connectivity index (χ2n) is 7.86. The molecule has 0 aliphatic carbocycles. The molecule has 0 unspecified atom stereocenters. The average molecular weight is 440 g/mol. The SMILES string of the molecule is CCN(CC)Cc1ccc(C(=O)Nc2cc(OC)c(OC)cc2C(=O)N2CCCC2)cc1. The van der Waals surface area contributed by atoms with Crippen LogP contribution in [0.4, 0.5) is 5.69 Å². The van der Waals surface area contributed by atoms with Gasteiger partial charge in [0.25, 0.3) is 11.8 Å². The van der Waals surface area contributed by atoms with Crippen LogP contribution in [-0.2, 0) is 6.54 Å². The molecule has 0 aromatic heterocycles. The standard InChI is InChI=1S/C25H33N3O4/c1-5-27(6-2)17-18-9-11-19(12-10-18)24(29)26-21-16-23(32-4)22(31-3)15-20(21)25(30)28-13-7-8-14-28/h9-12,15-16H,5-8,13-14,17H2,1-4H3,(H,26,29). The largest absolute Gasteiger partial charge is 0.493 e. The first-order valence-corrected chi connectivity index (χ1v) is 11.2. The van der Waals surface area contributed by atoms with Crippen molar-refractivity contribution in [3.8, 4) is 11.5 Å². The molecule has 0 bridgehead atoms. The van der Waals surface area contributed by atoms with Gasteiger partial charge in [0.1, 0.15) is 0 Å². The van der Waals surface area contributed by atoms with Crippen molar-refractivity contribution in [3.63, 3.8) is 0 Å². The Morgan fingerprint density at radius 3 is 2.12 bits per heavy atom. The van der Waals surface area contributed by atoms with Crippen LogP contribution in [0.1, 0.15) is 53.0 Å². The van der Waals surface area contributed by atoms with Gasteiger partial charge in [0, 0.05) is 31.3 Å². The van der Waals surface area contributed by atoms with Gasteiger partial charge in [-0.15, -0.1) is 0 Å². The number of carbonyl (C=O) groups excluding carboxylic acids is 2. The molecule has 1 aliphatic heterocycles. The van der Waals surface area contributed by atoms with Crippen LogP contribution < -0.4 is 14.8 Å². The smallest absolute Gasteiger partial charge is 0.256 e. The van der Waals surface area contributed by atoms with Gasteiger partial charge in [-0.1, -0.05) is 26.0 Å². The molecule has 2 aromatic rings. The molecular weight excluding hydrogens is 406 g/mol. The lowest BCUT2D eigenvalue weighted by Crippen LogP contribution is -2.29. The maximum Gasteiger partial charge on any atom is 0.256 e. The second kappa shape index (κ2) is 11.0. The summed E-state index contributed by atoms with van der Waals surface area (Å²) in [7, 11) is 3.06. The third-order valence-electron chi connectivity index (χ3n) is 5.91. The lowest BCUT2D eigenvalue weighted by molar-refractivity contribution is 0.0793. The predicted molar refractivity (Wildman–Crippen MR) is 126 cm³/mol. The molecule has 7 nitrogen and oxygen atoms in total. The summed E-state index contributed by atoms with van der Waals surface area (Å²) < 4.78 is 10.8. The Labute approximate surface area is 190 Å². The van der Waals surface area contributed by atoms with Gasteiger partial charge >= 0.3 is 0 Å². The normalized spacial score (nSPS) is 13.3. The second-order valence-corrected chi connectivity index (χ2v) is 7.86. The molecule has 1 saturated heterocycles. The lowest BCUT2D eigenvalue weighted by atomic mass is 10.1. The summed E-state index contributed by atoms with van der Waals surface area (Å²) in [6.07, 6.45) is 1.97. The maximum absolute atomic E-state index is 13.1. The number of hydrogen-bond donors (Lipinski definition) is 1. The number of nitrogens with one attached hydrogen (secondary N) is 1. The summed E-state index contributed by atoms with van der Waals surface area (Å²) in [5.41, 5.74) is 2.50. The van der Waals surface area contributed by atoms with E-state index in [0.717, 1.165) is 38.0 Å². The first-order valence-electron chi connectivity index (χ1n) is 11.2. The molecule has 0 saturated carbocycles. The van der Waals surface area contributed by atoms with Gasteiger partial charge in [0.15, 0.2) is 11.5 Å². The van der Waals surface area contributed by atoms with E-state index < -0.39 is 0 Å². The Kier molecular flexibility index (Phi) is 8.11. The molecule has 172 valence electrons. The Bertz CT molecular complexity index is 933. The maximum atomic E-state index is 13.1. The Hall–Kier alpha value is -3.06. The summed E-state index contributed by atoms with van der Waals surface area (Å²) in [6, 6.07) is 10.9. The van der Waals surface area contributed by atoms with Crippen LogP contribution in [0.3, 0.4) is 0 Å². The van der Waals surface area contributed by atoms with Crippen LogP contribution >= 0.6 is 0 Å². The highest BCUT2D eigenvalue weighted by Crippen LogP contribution is 2.34. The van der Waals surface area contributed by atoms with Crippen LogP contribution in [-0.4, -0.2) is 62.0 Å². The number of amides is 2. The van der Waals surface area contributed by atoms with Crippen molar-refractivity contribution in [1.29, 1.82) is 0 Å². The summed E-state index contributed by atoms with van der Waals surface area (Å²) in [5.74, 6) is 0.513. The number of hydrogen-bond acceptors (Lipinski definition) is 5. The van der Waals surface area contributed by atoms with Crippen molar-refractivity contribution in [2.45, 2.75) is 33.2 Å². The summed E-state index contributed by atoms with van der Waals surface area (Å²) in [4.78, 5) is 30.2. The van der Waals surface area contributed by atoms with Crippen molar-refractivity contribution in [2.75, 3.05) is 45.7 Å². The fourth-order valence-corrected chi connectivity index (χ4v) is 3.91. The molecule has 32 heavy (non-hydrogen) atoms. The zero-order valence-electron chi connectivity index (χ0n) is 19.4. The van der Waals surface area contributed by atoms with Crippen LogP contribution in [0.25, 0.3) is 0 Å². The number of benzene rings is 2. The molecule has 2 amide bonds. The van der Waals surface area contributed by atoms with Gasteiger partial charge in [-0.3, -0.25) is 14.5 Å². The van der Waals surface area contributed by atoms with Gasteiger partial charge in [-0.2, -0.15) is 0 Å². The van der Waals surface area contributed by atoms with Crippen LogP contribution in [0, 0.1) is 0 Å². The van der Waals surface area contributed by atoms with Crippen molar-refractivity contribution in [1.82, 2.24) is 9.80 Å². The monoisotopic (exact) mass is 439 g/mol. The highest BCUT2D eigenvalue weighted by Gasteiger charge is 2.25. The Morgan fingerprint density at radius 2 is 1.56 bits per heavy atom. The van der Waals surface area contributed by atoms with E-state index in [-0.39, 0.29) is 11.8 Å². The van der Waals surface area contributed by atoms with Crippen molar-refractivity contribution in [2.24, 2.45) is 0 Å². The molecule has 1 N–H and O–H groups in total. The first kappa shape index (κ1) is 23.6. The highest BCUT2D eigenvalue weighted by molar-refractivity contribution is 6.09. The molecule has 1 aliphatic rings. The molecule has 1 fully saturated rings. The van der Waals surface area contributed by atoms with E-state index in [0.29, 0.717) is 41.4 Å². The first-order chi connectivity index (χ1) is 15.5. The van der Waals surface area contributed by atoms with Crippen molar-refractivity contribution < 1.29 is 19.1 Å². The Balaban J connectivity index is 1.84. The number of methoxy groups -OCH3 is 2. The number of carbonyl (C=O) groups is 2. The fraction of sp³-hybridized carbons (Fsp3) is 0.440. The van der Waals surface area contributed by atoms with E-state index in [1.165, 1.54) is 14.2 Å². The molecule has 7 heteroatoms. The molecule has 0 atom stereocenters. The highest BCUT2D eigenvalue weighted by atomic mass is 16.5. The van der Waals surface area contributed by atoms with E-state index >= 15 is 0 Å². The molecule has 0 radical (unpaired) electrons. The minimum Gasteiger partial charge on any atom is -0.493 e. The minimum absolute atomic E-state index is 0.117. The van der Waals surface area contributed by atoms with E-state index in [9.17, 15) is 9.59 Å². The van der Waals surface area contributed by atoms with E-state index in [1.807, 2.05) is 24.3 Å². The fourth-order valence-electron chi connectivity index (χ4n) is 3.91. The number of ether oxygens (including phenoxy) is 2. The quantitative estimate of drug-likeness (QED) is 0.639. The van der Waals surface area contributed by atoms with Gasteiger partial charge in [-0.25, -0.2) is 0 Å². The van der Waals surface area contributed by atoms with Crippen molar-refractivity contribution >= 4 is 17.5 Å². The van der Waals surface area contributed by atoms with Crippen molar-refractivity contribution in [3.05, 3.63) is 53.1 Å². The molecule has 1 heterocycles. The van der Waals surface area contributed by atoms with Gasteiger partial charge in [0.2, 0.25) is 0 Å². The van der Waals surface area contributed by atoms with Crippen LogP contribution in [0.5, 0.6) is 11.5 Å². The Morgan fingerprint density at radius 1 is 0.969 bits per heavy atom. The summed E-state index contributed by atoms with van der Waals surface area (Å²) >= 11 is 0. The van der Waals surface area contributed by atoms with E-state index in [4.69, 9.17) is 9.47 Å². The van der Waals surface area contributed by atoms with E-state index in [2.05, 4.69) is 24.1 Å². The molecular formula is C25H33N3O4. The number of anilines is 1. The third-order valence-corrected chi connectivity index (χ3v) is 5.91. The van der Waals surface area contributed by atoms with Gasteiger partial charge in [0.05, 0.1) is 25.5 Å². The third kappa shape index (κ3) is 5.40. The number of likely N-dealkylation sites (tertiary alicyclic amines) is 1. The molecule has 2 aromatic carbocycles. The number of nitrogens with zero attached hydrogens (tertiary/aromatic N) is 2. The zero-order chi connectivity index (χ0) is 23.1. The molecule has 0 spiro atoms. The van der Waals surface area contributed by atoms with Crippen LogP contribution in [0.2, 0.25) is 0 Å². The minimum atomic E-state index is -0.276. The zero-order valence-corrected chi connectivity index (χ0v) is 19.4. The average Bonchev–Trinajstić information content (AvgIpc) is 3.37. The van der Waals surface area contributed by atoms with Gasteiger partial charge < -0.3 is 19.7 Å².